The standard InChI is InChI=1S/C24H21N3O6/c1-33-24(30)18-9-7-17(8-10-18)22(28)26-21(15-16-5-3-2-4-6-16)23(29)25-19-11-13-20(14-12-19)27(31)32/h2-14,21H,15H2,1H3,(H,25,29)(H,26,28)/t21-/m1/s1. The van der Waals surface area contributed by atoms with E-state index in [2.05, 4.69) is 15.4 Å². The number of non-ortho nitro benzene ring substituents is 1. The Labute approximate surface area is 189 Å². The summed E-state index contributed by atoms with van der Waals surface area (Å²) in [6.45, 7) is 0. The average Bonchev–Trinajstić information content (AvgIpc) is 2.84. The van der Waals surface area contributed by atoms with Gasteiger partial charge in [-0.05, 0) is 42.0 Å². The van der Waals surface area contributed by atoms with Crippen LogP contribution < -0.4 is 10.6 Å². The number of benzene rings is 3. The smallest absolute Gasteiger partial charge is 0.337 e. The van der Waals surface area contributed by atoms with Crippen molar-refractivity contribution >= 4 is 29.2 Å². The van der Waals surface area contributed by atoms with Crippen molar-refractivity contribution in [2.24, 2.45) is 0 Å². The van der Waals surface area contributed by atoms with Crippen LogP contribution in [0.2, 0.25) is 0 Å². The third-order valence-electron chi connectivity index (χ3n) is 4.82. The summed E-state index contributed by atoms with van der Waals surface area (Å²) >= 11 is 0. The van der Waals surface area contributed by atoms with Crippen molar-refractivity contribution in [1.82, 2.24) is 5.32 Å². The highest BCUT2D eigenvalue weighted by molar-refractivity contribution is 6.01. The predicted octanol–water partition coefficient (Wildman–Crippen LogP) is 3.36. The number of methoxy groups -OCH3 is 1. The van der Waals surface area contributed by atoms with Gasteiger partial charge in [-0.1, -0.05) is 30.3 Å². The zero-order valence-electron chi connectivity index (χ0n) is 17.7. The lowest BCUT2D eigenvalue weighted by molar-refractivity contribution is -0.384. The molecule has 0 bridgehead atoms. The Morgan fingerprint density at radius 2 is 1.52 bits per heavy atom. The summed E-state index contributed by atoms with van der Waals surface area (Å²) in [6, 6.07) is 19.5. The summed E-state index contributed by atoms with van der Waals surface area (Å²) in [5.41, 5.74) is 1.66. The molecule has 0 aromatic heterocycles. The molecular weight excluding hydrogens is 426 g/mol. The molecule has 0 aliphatic rings. The molecule has 2 amide bonds. The van der Waals surface area contributed by atoms with Gasteiger partial charge < -0.3 is 15.4 Å². The predicted molar refractivity (Wildman–Crippen MR) is 121 cm³/mol. The molecule has 3 aromatic rings. The SMILES string of the molecule is COC(=O)c1ccc(C(=O)N[C@H](Cc2ccccc2)C(=O)Nc2ccc([N+](=O)[O-])cc2)cc1. The quantitative estimate of drug-likeness (QED) is 0.310. The second-order valence-electron chi connectivity index (χ2n) is 7.08. The van der Waals surface area contributed by atoms with Crippen LogP contribution in [0.25, 0.3) is 0 Å². The van der Waals surface area contributed by atoms with Crippen molar-refractivity contribution in [3.8, 4) is 0 Å². The van der Waals surface area contributed by atoms with Crippen molar-refractivity contribution in [1.29, 1.82) is 0 Å². The van der Waals surface area contributed by atoms with E-state index in [-0.39, 0.29) is 17.7 Å². The number of nitrogens with zero attached hydrogens (tertiary/aromatic N) is 1. The van der Waals surface area contributed by atoms with Gasteiger partial charge in [0.05, 0.1) is 17.6 Å². The van der Waals surface area contributed by atoms with Crippen LogP contribution in [0.15, 0.2) is 78.9 Å². The van der Waals surface area contributed by atoms with E-state index >= 15 is 0 Å². The molecular formula is C24H21N3O6. The summed E-state index contributed by atoms with van der Waals surface area (Å²) in [5.74, 6) is -1.50. The van der Waals surface area contributed by atoms with Crippen LogP contribution in [0.4, 0.5) is 11.4 Å². The number of esters is 1. The molecule has 0 saturated heterocycles. The highest BCUT2D eigenvalue weighted by atomic mass is 16.6. The first kappa shape index (κ1) is 23.1. The molecule has 1 atom stereocenters. The van der Waals surface area contributed by atoms with Crippen LogP contribution in [-0.4, -0.2) is 35.9 Å². The summed E-state index contributed by atoms with van der Waals surface area (Å²) in [6.07, 6.45) is 0.228. The molecule has 168 valence electrons. The minimum absolute atomic E-state index is 0.0995. The van der Waals surface area contributed by atoms with Crippen molar-refractivity contribution in [2.45, 2.75) is 12.5 Å². The molecule has 33 heavy (non-hydrogen) atoms. The first-order chi connectivity index (χ1) is 15.9. The van der Waals surface area contributed by atoms with Gasteiger partial charge in [0.2, 0.25) is 5.91 Å². The molecule has 0 heterocycles. The number of nitrogens with one attached hydrogen (secondary N) is 2. The second-order valence-corrected chi connectivity index (χ2v) is 7.08. The Morgan fingerprint density at radius 1 is 0.909 bits per heavy atom. The van der Waals surface area contributed by atoms with E-state index in [0.29, 0.717) is 11.3 Å². The minimum atomic E-state index is -0.921. The monoisotopic (exact) mass is 447 g/mol. The van der Waals surface area contributed by atoms with Gasteiger partial charge in [0.15, 0.2) is 0 Å². The van der Waals surface area contributed by atoms with Gasteiger partial charge in [-0.2, -0.15) is 0 Å². The van der Waals surface area contributed by atoms with Crippen LogP contribution in [0.5, 0.6) is 0 Å². The molecule has 0 aliphatic heterocycles. The van der Waals surface area contributed by atoms with Gasteiger partial charge in [-0.15, -0.1) is 0 Å². The maximum Gasteiger partial charge on any atom is 0.337 e. The van der Waals surface area contributed by atoms with Crippen LogP contribution in [0, 0.1) is 10.1 Å². The van der Waals surface area contributed by atoms with E-state index < -0.39 is 28.7 Å². The van der Waals surface area contributed by atoms with Crippen LogP contribution in [0.3, 0.4) is 0 Å². The van der Waals surface area contributed by atoms with Crippen LogP contribution in [0.1, 0.15) is 26.3 Å². The normalized spacial score (nSPS) is 11.2. The van der Waals surface area contributed by atoms with Crippen molar-refractivity contribution in [2.75, 3.05) is 12.4 Å². The third-order valence-corrected chi connectivity index (χ3v) is 4.82. The fraction of sp³-hybridized carbons (Fsp3) is 0.125. The highest BCUT2D eigenvalue weighted by Gasteiger charge is 2.22. The van der Waals surface area contributed by atoms with Gasteiger partial charge in [0.1, 0.15) is 6.04 Å². The first-order valence-electron chi connectivity index (χ1n) is 9.96. The van der Waals surface area contributed by atoms with Crippen molar-refractivity contribution < 1.29 is 24.0 Å². The molecule has 0 unspecified atom stereocenters. The zero-order chi connectivity index (χ0) is 23.8. The van der Waals surface area contributed by atoms with E-state index in [1.165, 1.54) is 55.6 Å². The lowest BCUT2D eigenvalue weighted by Crippen LogP contribution is -2.45. The largest absolute Gasteiger partial charge is 0.465 e. The number of amides is 2. The van der Waals surface area contributed by atoms with E-state index in [1.807, 2.05) is 30.3 Å². The second kappa shape index (κ2) is 10.7. The number of carbonyl (C=O) groups is 3. The Hall–Kier alpha value is -4.53. The topological polar surface area (TPSA) is 128 Å². The fourth-order valence-electron chi connectivity index (χ4n) is 3.07. The fourth-order valence-corrected chi connectivity index (χ4v) is 3.07. The number of nitro benzene ring substituents is 1. The molecule has 3 rings (SSSR count). The van der Waals surface area contributed by atoms with Crippen molar-refractivity contribution in [3.63, 3.8) is 0 Å². The van der Waals surface area contributed by atoms with Crippen LogP contribution >= 0.6 is 0 Å². The lowest BCUT2D eigenvalue weighted by Gasteiger charge is -2.19. The van der Waals surface area contributed by atoms with Gasteiger partial charge in [-0.3, -0.25) is 19.7 Å². The van der Waals surface area contributed by atoms with E-state index in [4.69, 9.17) is 0 Å². The molecule has 9 heteroatoms. The lowest BCUT2D eigenvalue weighted by atomic mass is 10.0. The molecule has 0 saturated carbocycles. The Bertz CT molecular complexity index is 1150. The average molecular weight is 447 g/mol. The maximum absolute atomic E-state index is 13.0. The molecule has 9 nitrogen and oxygen atoms in total. The molecule has 0 fully saturated rings. The molecule has 0 radical (unpaired) electrons. The third kappa shape index (κ3) is 6.23. The first-order valence-corrected chi connectivity index (χ1v) is 9.96. The number of carbonyl (C=O) groups excluding carboxylic acids is 3. The minimum Gasteiger partial charge on any atom is -0.465 e. The summed E-state index contributed by atoms with van der Waals surface area (Å²) < 4.78 is 4.65. The summed E-state index contributed by atoms with van der Waals surface area (Å²) in [4.78, 5) is 47.6. The maximum atomic E-state index is 13.0. The van der Waals surface area contributed by atoms with E-state index in [9.17, 15) is 24.5 Å². The number of hydrogen-bond donors (Lipinski definition) is 2. The number of hydrogen-bond acceptors (Lipinski definition) is 6. The molecule has 2 N–H and O–H groups in total. The number of anilines is 1. The molecule has 3 aromatic carbocycles. The van der Waals surface area contributed by atoms with Gasteiger partial charge in [0.25, 0.3) is 11.6 Å². The Morgan fingerprint density at radius 3 is 2.09 bits per heavy atom. The highest BCUT2D eigenvalue weighted by Crippen LogP contribution is 2.16. The summed E-state index contributed by atoms with van der Waals surface area (Å²) in [7, 11) is 1.26. The number of ether oxygens (including phenoxy) is 1. The van der Waals surface area contributed by atoms with Crippen LogP contribution in [-0.2, 0) is 16.0 Å². The van der Waals surface area contributed by atoms with E-state index in [1.54, 1.807) is 0 Å². The number of rotatable bonds is 8. The Balaban J connectivity index is 1.77. The molecule has 0 aliphatic carbocycles. The molecule has 0 spiro atoms. The zero-order valence-corrected chi connectivity index (χ0v) is 17.7. The van der Waals surface area contributed by atoms with Gasteiger partial charge in [0, 0.05) is 29.8 Å². The van der Waals surface area contributed by atoms with Gasteiger partial charge in [-0.25, -0.2) is 4.79 Å². The number of nitro groups is 1. The summed E-state index contributed by atoms with van der Waals surface area (Å²) in [5, 5.41) is 16.2. The van der Waals surface area contributed by atoms with Gasteiger partial charge >= 0.3 is 5.97 Å². The Kier molecular flexibility index (Phi) is 7.48. The van der Waals surface area contributed by atoms with E-state index in [0.717, 1.165) is 5.56 Å². The van der Waals surface area contributed by atoms with Crippen molar-refractivity contribution in [3.05, 3.63) is 106 Å².